The number of amides is 2. The molecule has 0 bridgehead atoms. The molecule has 2 amide bonds. The molecule has 3 rings (SSSR count). The quantitative estimate of drug-likeness (QED) is 0.286. The Morgan fingerprint density at radius 2 is 1.46 bits per heavy atom. The highest BCUT2D eigenvalue weighted by Gasteiger charge is 2.73. The highest BCUT2D eigenvalue weighted by Crippen LogP contribution is 2.54. The van der Waals surface area contributed by atoms with Crippen LogP contribution in [0.25, 0.3) is 0 Å². The van der Waals surface area contributed by atoms with Crippen molar-refractivity contribution in [2.75, 3.05) is 24.4 Å². The molecule has 0 radical (unpaired) electrons. The summed E-state index contributed by atoms with van der Waals surface area (Å²) in [6.45, 7) is 0. The summed E-state index contributed by atoms with van der Waals surface area (Å²) in [5.74, 6) is -1.72. The number of methoxy groups -OCH3 is 1. The highest BCUT2D eigenvalue weighted by atomic mass is 35.5. The molecule has 0 aliphatic heterocycles. The van der Waals surface area contributed by atoms with E-state index in [1.165, 1.54) is 56.6 Å². The van der Waals surface area contributed by atoms with Crippen LogP contribution in [0.3, 0.4) is 0 Å². The number of para-hydroxylation sites is 1. The molecule has 0 saturated heterocycles. The zero-order valence-corrected chi connectivity index (χ0v) is 22.2. The number of hydrogen-bond donors (Lipinski definition) is 1. The Hall–Kier alpha value is -4.02. The predicted molar refractivity (Wildman–Crippen MR) is 136 cm³/mol. The lowest BCUT2D eigenvalue weighted by Gasteiger charge is -2.30. The Bertz CT molecular complexity index is 1500. The number of carbonyl (C=O) groups excluding carboxylic acids is 2. The van der Waals surface area contributed by atoms with Crippen LogP contribution in [0.5, 0.6) is 5.75 Å². The number of hydrogen-bond acceptors (Lipinski definition) is 4. The lowest BCUT2D eigenvalue weighted by molar-refractivity contribution is -0.348. The van der Waals surface area contributed by atoms with Crippen LogP contribution in [-0.4, -0.2) is 38.3 Å². The maximum Gasteiger partial charge on any atom is 0.435 e. The van der Waals surface area contributed by atoms with E-state index in [9.17, 15) is 40.3 Å². The number of nitrogens with one attached hydrogen (secondary N) is 1. The molecule has 0 spiro atoms. The molecule has 41 heavy (non-hydrogen) atoms. The van der Waals surface area contributed by atoms with Gasteiger partial charge in [0.05, 0.1) is 45.7 Å². The number of carbonyl (C=O) groups is 2. The summed E-state index contributed by atoms with van der Waals surface area (Å²) >= 11 is 11.7. The summed E-state index contributed by atoms with van der Waals surface area (Å²) in [7, 11) is 2.55. The van der Waals surface area contributed by atoms with E-state index in [0.717, 1.165) is 4.90 Å². The van der Waals surface area contributed by atoms with Crippen molar-refractivity contribution in [3.8, 4) is 11.8 Å². The number of nitriles is 1. The smallest absolute Gasteiger partial charge is 0.435 e. The van der Waals surface area contributed by atoms with Crippen molar-refractivity contribution < 1.29 is 45.1 Å². The minimum Gasteiger partial charge on any atom is -0.494 e. The van der Waals surface area contributed by atoms with Crippen molar-refractivity contribution >= 4 is 46.4 Å². The molecule has 0 aromatic heterocycles. The summed E-state index contributed by atoms with van der Waals surface area (Å²) < 4.78 is 98.8. The van der Waals surface area contributed by atoms with E-state index in [4.69, 9.17) is 33.2 Å². The third-order valence-electron chi connectivity index (χ3n) is 5.83. The average Bonchev–Trinajstić information content (AvgIpc) is 2.91. The van der Waals surface area contributed by atoms with Gasteiger partial charge in [-0.25, -0.2) is 4.39 Å². The number of benzene rings is 3. The van der Waals surface area contributed by atoms with Gasteiger partial charge in [0.2, 0.25) is 0 Å². The normalized spacial score (nSPS) is 12.0. The maximum atomic E-state index is 14.5. The Kier molecular flexibility index (Phi) is 8.81. The third kappa shape index (κ3) is 5.89. The summed E-state index contributed by atoms with van der Waals surface area (Å²) in [5, 5.41) is 9.26. The molecule has 0 unspecified atom stereocenters. The first-order valence-corrected chi connectivity index (χ1v) is 11.8. The molecular weight excluding hydrogens is 606 g/mol. The third-order valence-corrected chi connectivity index (χ3v) is 6.43. The summed E-state index contributed by atoms with van der Waals surface area (Å²) in [6.07, 6.45) is -12.8. The lowest BCUT2D eigenvalue weighted by atomic mass is 9.94. The molecule has 1 N–H and O–H groups in total. The van der Waals surface area contributed by atoms with Crippen molar-refractivity contribution in [1.29, 1.82) is 5.26 Å². The number of ether oxygens (including phenoxy) is 1. The van der Waals surface area contributed by atoms with Crippen LogP contribution in [0, 0.1) is 11.3 Å². The van der Waals surface area contributed by atoms with Crippen LogP contribution in [0.2, 0.25) is 10.0 Å². The van der Waals surface area contributed by atoms with E-state index in [-0.39, 0.29) is 34.7 Å². The van der Waals surface area contributed by atoms with E-state index in [0.29, 0.717) is 5.56 Å². The molecule has 0 aliphatic rings. The Labute approximate surface area is 237 Å². The van der Waals surface area contributed by atoms with Crippen molar-refractivity contribution in [3.63, 3.8) is 0 Å². The Balaban J connectivity index is 1.98. The number of anilines is 2. The maximum absolute atomic E-state index is 14.5. The molecule has 6 nitrogen and oxygen atoms in total. The van der Waals surface area contributed by atoms with Crippen molar-refractivity contribution in [2.45, 2.75) is 18.0 Å². The van der Waals surface area contributed by atoms with Gasteiger partial charge in [-0.1, -0.05) is 29.3 Å². The van der Waals surface area contributed by atoms with Crippen molar-refractivity contribution in [1.82, 2.24) is 0 Å². The van der Waals surface area contributed by atoms with Gasteiger partial charge in [-0.2, -0.15) is 31.6 Å². The van der Waals surface area contributed by atoms with Gasteiger partial charge in [0.15, 0.2) is 5.75 Å². The van der Waals surface area contributed by atoms with Crippen LogP contribution in [0.1, 0.15) is 31.8 Å². The van der Waals surface area contributed by atoms with E-state index in [2.05, 4.69) is 5.32 Å². The first-order chi connectivity index (χ1) is 19.0. The molecular formula is C26H16Cl2F7N3O3. The summed E-state index contributed by atoms with van der Waals surface area (Å²) in [4.78, 5) is 27.2. The molecule has 3 aromatic carbocycles. The minimum absolute atomic E-state index is 0.0573. The Morgan fingerprint density at radius 1 is 0.927 bits per heavy atom. The van der Waals surface area contributed by atoms with Crippen molar-refractivity contribution in [3.05, 3.63) is 86.9 Å². The van der Waals surface area contributed by atoms with E-state index in [1.54, 1.807) is 0 Å². The standard InChI is InChI=1S/C26H16Cl2F7N3O3/c1-38(23(40)14-8-6-13(12-36)7-9-14)19-5-3-4-16(21(19)41-2)22(39)37-20-17(27)10-15(11-18(20)28)24(29,25(30,31)32)26(33,34)35/h3-11H,1-2H3,(H,37,39). The van der Waals surface area contributed by atoms with Gasteiger partial charge in [0.1, 0.15) is 0 Å². The molecule has 0 aliphatic carbocycles. The molecule has 3 aromatic rings. The largest absolute Gasteiger partial charge is 0.494 e. The zero-order chi connectivity index (χ0) is 30.9. The fourth-order valence-corrected chi connectivity index (χ4v) is 4.31. The number of rotatable bonds is 6. The second kappa shape index (κ2) is 11.5. The Morgan fingerprint density at radius 3 is 1.93 bits per heavy atom. The fourth-order valence-electron chi connectivity index (χ4n) is 3.73. The molecule has 0 saturated carbocycles. The highest BCUT2D eigenvalue weighted by molar-refractivity contribution is 6.40. The second-order valence-electron chi connectivity index (χ2n) is 8.33. The van der Waals surface area contributed by atoms with Gasteiger partial charge in [0.25, 0.3) is 11.8 Å². The fraction of sp³-hybridized carbons (Fsp3) is 0.192. The predicted octanol–water partition coefficient (Wildman–Crippen LogP) is 7.69. The first-order valence-electron chi connectivity index (χ1n) is 11.1. The van der Waals surface area contributed by atoms with E-state index >= 15 is 0 Å². The average molecular weight is 622 g/mol. The van der Waals surface area contributed by atoms with Crippen LogP contribution in [0.15, 0.2) is 54.6 Å². The van der Waals surface area contributed by atoms with Crippen LogP contribution in [-0.2, 0) is 5.67 Å². The second-order valence-corrected chi connectivity index (χ2v) is 9.15. The monoisotopic (exact) mass is 621 g/mol. The van der Waals surface area contributed by atoms with Gasteiger partial charge in [-0.15, -0.1) is 0 Å². The summed E-state index contributed by atoms with van der Waals surface area (Å²) in [6, 6.07) is 11.8. The summed E-state index contributed by atoms with van der Waals surface area (Å²) in [5.41, 5.74) is -7.95. The van der Waals surface area contributed by atoms with E-state index in [1.807, 2.05) is 6.07 Å². The van der Waals surface area contributed by atoms with Crippen LogP contribution >= 0.6 is 23.2 Å². The molecule has 0 fully saturated rings. The number of halogens is 9. The van der Waals surface area contributed by atoms with Gasteiger partial charge in [-0.3, -0.25) is 9.59 Å². The van der Waals surface area contributed by atoms with Crippen molar-refractivity contribution in [2.24, 2.45) is 0 Å². The lowest BCUT2D eigenvalue weighted by Crippen LogP contribution is -2.50. The van der Waals surface area contributed by atoms with E-state index < -0.39 is 51.1 Å². The topological polar surface area (TPSA) is 82.4 Å². The van der Waals surface area contributed by atoms with Gasteiger partial charge >= 0.3 is 18.0 Å². The van der Waals surface area contributed by atoms with Gasteiger partial charge in [0, 0.05) is 18.2 Å². The molecule has 15 heteroatoms. The number of alkyl halides is 7. The first kappa shape index (κ1) is 31.5. The molecule has 0 atom stereocenters. The molecule has 216 valence electrons. The number of nitrogens with zero attached hydrogens (tertiary/aromatic N) is 2. The molecule has 0 heterocycles. The van der Waals surface area contributed by atoms with Gasteiger partial charge in [-0.05, 0) is 48.5 Å². The SMILES string of the molecule is COc1c(C(=O)Nc2c(Cl)cc(C(F)(C(F)(F)F)C(F)(F)F)cc2Cl)cccc1N(C)C(=O)c1ccc(C#N)cc1. The van der Waals surface area contributed by atoms with Gasteiger partial charge < -0.3 is 15.0 Å². The zero-order valence-electron chi connectivity index (χ0n) is 20.7. The van der Waals surface area contributed by atoms with Crippen LogP contribution < -0.4 is 15.0 Å². The van der Waals surface area contributed by atoms with Crippen LogP contribution in [0.4, 0.5) is 42.1 Å². The minimum atomic E-state index is -6.41.